The Morgan fingerprint density at radius 1 is 1.27 bits per heavy atom. The van der Waals surface area contributed by atoms with Crippen LogP contribution in [0, 0.1) is 10.1 Å². The molecule has 0 aliphatic heterocycles. The summed E-state index contributed by atoms with van der Waals surface area (Å²) in [7, 11) is -3.62. The van der Waals surface area contributed by atoms with Gasteiger partial charge in [-0.15, -0.1) is 0 Å². The van der Waals surface area contributed by atoms with Gasteiger partial charge in [0.15, 0.2) is 14.6 Å². The van der Waals surface area contributed by atoms with Crippen LogP contribution >= 0.6 is 11.3 Å². The lowest BCUT2D eigenvalue weighted by atomic mass is 10.2. The summed E-state index contributed by atoms with van der Waals surface area (Å²) in [6, 6.07) is 10.3. The van der Waals surface area contributed by atoms with E-state index in [2.05, 4.69) is 4.99 Å². The van der Waals surface area contributed by atoms with Gasteiger partial charge < -0.3 is 9.30 Å². The molecular formula is C19H19N3O6S2. The number of sulfone groups is 1. The maximum absolute atomic E-state index is 12.8. The van der Waals surface area contributed by atoms with Gasteiger partial charge in [-0.2, -0.15) is 4.99 Å². The highest BCUT2D eigenvalue weighted by Gasteiger charge is 2.19. The van der Waals surface area contributed by atoms with Crippen molar-refractivity contribution >= 4 is 43.0 Å². The first-order valence-corrected chi connectivity index (χ1v) is 11.7. The van der Waals surface area contributed by atoms with Gasteiger partial charge in [0.05, 0.1) is 32.2 Å². The number of ether oxygens (including phenoxy) is 1. The van der Waals surface area contributed by atoms with Crippen LogP contribution in [0.15, 0.2) is 52.4 Å². The van der Waals surface area contributed by atoms with E-state index in [4.69, 9.17) is 4.74 Å². The summed E-state index contributed by atoms with van der Waals surface area (Å²) in [5.74, 6) is -0.706. The standard InChI is InChI=1S/C19H19N3O6S2/c1-3-28-11-10-21-15-9-8-13(22(24)25)12-16(15)29-19(21)20-18(23)14-6-4-5-7-17(14)30(2,26)27/h4-9,12H,3,10-11H2,1-2H3. The number of rotatable bonds is 7. The van der Waals surface area contributed by atoms with Crippen LogP contribution in [0.3, 0.4) is 0 Å². The summed E-state index contributed by atoms with van der Waals surface area (Å²) < 4.78 is 31.8. The maximum Gasteiger partial charge on any atom is 0.280 e. The molecule has 30 heavy (non-hydrogen) atoms. The van der Waals surface area contributed by atoms with Crippen LogP contribution in [-0.2, 0) is 21.1 Å². The van der Waals surface area contributed by atoms with Gasteiger partial charge in [0.25, 0.3) is 11.6 Å². The molecule has 2 aromatic carbocycles. The second-order valence-corrected chi connectivity index (χ2v) is 9.32. The number of benzene rings is 2. The highest BCUT2D eigenvalue weighted by molar-refractivity contribution is 7.90. The number of hydrogen-bond donors (Lipinski definition) is 0. The minimum absolute atomic E-state index is 0.0280. The van der Waals surface area contributed by atoms with E-state index in [0.29, 0.717) is 34.8 Å². The Morgan fingerprint density at radius 2 is 2.00 bits per heavy atom. The zero-order valence-corrected chi connectivity index (χ0v) is 17.9. The number of amides is 1. The summed E-state index contributed by atoms with van der Waals surface area (Å²) in [6.45, 7) is 3.12. The number of nitrogens with zero attached hydrogens (tertiary/aromatic N) is 3. The van der Waals surface area contributed by atoms with E-state index in [-0.39, 0.29) is 16.1 Å². The van der Waals surface area contributed by atoms with E-state index in [1.807, 2.05) is 6.92 Å². The molecular weight excluding hydrogens is 430 g/mol. The zero-order valence-electron chi connectivity index (χ0n) is 16.3. The predicted molar refractivity (Wildman–Crippen MR) is 112 cm³/mol. The SMILES string of the molecule is CCOCCn1c(=NC(=O)c2ccccc2S(C)(=O)=O)sc2cc([N+](=O)[O-])ccc21. The van der Waals surface area contributed by atoms with Crippen molar-refractivity contribution in [2.45, 2.75) is 18.4 Å². The minimum atomic E-state index is -3.62. The molecule has 11 heteroatoms. The first-order chi connectivity index (χ1) is 14.2. The summed E-state index contributed by atoms with van der Waals surface area (Å²) >= 11 is 1.12. The Bertz CT molecular complexity index is 1290. The van der Waals surface area contributed by atoms with Crippen LogP contribution in [0.25, 0.3) is 10.2 Å². The fraction of sp³-hybridized carbons (Fsp3) is 0.263. The molecule has 3 rings (SSSR count). The van der Waals surface area contributed by atoms with Gasteiger partial charge in [-0.3, -0.25) is 14.9 Å². The van der Waals surface area contributed by atoms with Crippen molar-refractivity contribution in [3.8, 4) is 0 Å². The van der Waals surface area contributed by atoms with E-state index in [0.717, 1.165) is 17.6 Å². The Labute approximate surface area is 176 Å². The van der Waals surface area contributed by atoms with Gasteiger partial charge in [-0.25, -0.2) is 8.42 Å². The van der Waals surface area contributed by atoms with Gasteiger partial charge in [-0.05, 0) is 25.1 Å². The molecule has 1 heterocycles. The number of thiazole rings is 1. The third-order valence-corrected chi connectivity index (χ3v) is 6.45. The van der Waals surface area contributed by atoms with E-state index >= 15 is 0 Å². The molecule has 9 nitrogen and oxygen atoms in total. The van der Waals surface area contributed by atoms with E-state index in [1.165, 1.54) is 30.3 Å². The van der Waals surface area contributed by atoms with E-state index < -0.39 is 20.7 Å². The molecule has 0 bridgehead atoms. The molecule has 0 saturated carbocycles. The van der Waals surface area contributed by atoms with Gasteiger partial charge in [0, 0.05) is 31.5 Å². The Balaban J connectivity index is 2.16. The average molecular weight is 450 g/mol. The molecule has 0 saturated heterocycles. The zero-order chi connectivity index (χ0) is 21.9. The lowest BCUT2D eigenvalue weighted by Crippen LogP contribution is -2.20. The third kappa shape index (κ3) is 4.64. The van der Waals surface area contributed by atoms with Crippen LogP contribution in [-0.4, -0.2) is 43.3 Å². The topological polar surface area (TPSA) is 121 Å². The summed E-state index contributed by atoms with van der Waals surface area (Å²) in [5.41, 5.74) is 0.578. The van der Waals surface area contributed by atoms with Crippen LogP contribution in [0.2, 0.25) is 0 Å². The second-order valence-electron chi connectivity index (χ2n) is 6.33. The fourth-order valence-electron chi connectivity index (χ4n) is 2.89. The molecule has 158 valence electrons. The molecule has 0 aliphatic rings. The van der Waals surface area contributed by atoms with Crippen molar-refractivity contribution in [1.82, 2.24) is 4.57 Å². The van der Waals surface area contributed by atoms with Crippen LogP contribution in [0.5, 0.6) is 0 Å². The lowest BCUT2D eigenvalue weighted by molar-refractivity contribution is -0.384. The lowest BCUT2D eigenvalue weighted by Gasteiger charge is -2.06. The number of fused-ring (bicyclic) bond motifs is 1. The maximum atomic E-state index is 12.8. The smallest absolute Gasteiger partial charge is 0.280 e. The van der Waals surface area contributed by atoms with Crippen molar-refractivity contribution in [2.75, 3.05) is 19.5 Å². The molecule has 0 spiro atoms. The van der Waals surface area contributed by atoms with Gasteiger partial charge >= 0.3 is 0 Å². The average Bonchev–Trinajstić information content (AvgIpc) is 3.03. The number of hydrogen-bond acceptors (Lipinski definition) is 7. The normalized spacial score (nSPS) is 12.4. The van der Waals surface area contributed by atoms with Crippen molar-refractivity contribution in [3.63, 3.8) is 0 Å². The number of carbonyl (C=O) groups is 1. The summed E-state index contributed by atoms with van der Waals surface area (Å²) in [5, 5.41) is 11.1. The van der Waals surface area contributed by atoms with Crippen LogP contribution in [0.4, 0.5) is 5.69 Å². The highest BCUT2D eigenvalue weighted by Crippen LogP contribution is 2.23. The van der Waals surface area contributed by atoms with E-state index in [9.17, 15) is 23.3 Å². The molecule has 1 aromatic heterocycles. The molecule has 0 unspecified atom stereocenters. The number of carbonyl (C=O) groups excluding carboxylic acids is 1. The van der Waals surface area contributed by atoms with Crippen molar-refractivity contribution in [2.24, 2.45) is 4.99 Å². The third-order valence-electron chi connectivity index (χ3n) is 4.25. The Morgan fingerprint density at radius 3 is 2.67 bits per heavy atom. The number of nitro groups is 1. The molecule has 3 aromatic rings. The first-order valence-electron chi connectivity index (χ1n) is 8.96. The van der Waals surface area contributed by atoms with Crippen molar-refractivity contribution in [3.05, 3.63) is 62.9 Å². The van der Waals surface area contributed by atoms with Gasteiger partial charge in [0.1, 0.15) is 0 Å². The van der Waals surface area contributed by atoms with Gasteiger partial charge in [-0.1, -0.05) is 23.5 Å². The summed E-state index contributed by atoms with van der Waals surface area (Å²) in [6.07, 6.45) is 1.03. The van der Waals surface area contributed by atoms with Gasteiger partial charge in [0.2, 0.25) is 0 Å². The Hall–Kier alpha value is -2.89. The number of non-ortho nitro benzene ring substituents is 1. The quantitative estimate of drug-likeness (QED) is 0.311. The number of aromatic nitrogens is 1. The first kappa shape index (κ1) is 21.8. The molecule has 0 radical (unpaired) electrons. The van der Waals surface area contributed by atoms with Crippen LogP contribution in [0.1, 0.15) is 17.3 Å². The highest BCUT2D eigenvalue weighted by atomic mass is 32.2. The fourth-order valence-corrected chi connectivity index (χ4v) is 4.86. The molecule has 1 amide bonds. The largest absolute Gasteiger partial charge is 0.380 e. The second kappa shape index (κ2) is 8.86. The van der Waals surface area contributed by atoms with Crippen molar-refractivity contribution in [1.29, 1.82) is 0 Å². The van der Waals surface area contributed by atoms with E-state index in [1.54, 1.807) is 16.7 Å². The predicted octanol–water partition coefficient (Wildman–Crippen LogP) is 2.79. The van der Waals surface area contributed by atoms with Crippen molar-refractivity contribution < 1.29 is 22.9 Å². The Kier molecular flexibility index (Phi) is 6.44. The molecule has 0 N–H and O–H groups in total. The monoisotopic (exact) mass is 449 g/mol. The molecule has 0 fully saturated rings. The molecule has 0 aliphatic carbocycles. The minimum Gasteiger partial charge on any atom is -0.380 e. The van der Waals surface area contributed by atoms with Crippen LogP contribution < -0.4 is 4.80 Å². The number of nitro benzene ring substituents is 1. The molecule has 0 atom stereocenters. The summed E-state index contributed by atoms with van der Waals surface area (Å²) in [4.78, 5) is 27.8.